The fraction of sp³-hybridized carbons (Fsp3) is 0.941. The van der Waals surface area contributed by atoms with Crippen LogP contribution in [0.4, 0.5) is 13.2 Å². The number of fused-ring (bicyclic) bond motifs is 2. The van der Waals surface area contributed by atoms with Crippen LogP contribution in [0.5, 0.6) is 0 Å². The van der Waals surface area contributed by atoms with Crippen LogP contribution in [0.3, 0.4) is 0 Å². The molecule has 3 atom stereocenters. The average Bonchev–Trinajstić information content (AvgIpc) is 2.83. The summed E-state index contributed by atoms with van der Waals surface area (Å²) in [6, 6.07) is 0. The van der Waals surface area contributed by atoms with Crippen LogP contribution in [0.15, 0.2) is 0 Å². The number of hydrogen-bond donors (Lipinski definition) is 0. The number of rotatable bonds is 10. The molecule has 2 saturated carbocycles. The first-order valence-corrected chi connectivity index (χ1v) is 10.6. The van der Waals surface area contributed by atoms with Crippen molar-refractivity contribution in [2.24, 2.45) is 16.7 Å². The molecule has 0 radical (unpaired) electrons. The number of carbonyl (C=O) groups excluding carboxylic acids is 1. The lowest BCUT2D eigenvalue weighted by Gasteiger charge is -2.36. The quantitative estimate of drug-likeness (QED) is 0.309. The molecule has 0 aromatic heterocycles. The molecule has 27 heavy (non-hydrogen) atoms. The van der Waals surface area contributed by atoms with Crippen molar-refractivity contribution in [1.82, 2.24) is 0 Å². The molecule has 0 spiro atoms. The number of carbonyl (C=O) groups is 1. The molecule has 2 bridgehead atoms. The molecule has 0 aromatic carbocycles. The lowest BCUT2D eigenvalue weighted by molar-refractivity contribution is -0.197. The van der Waals surface area contributed by atoms with Gasteiger partial charge < -0.3 is 9.47 Å². The topological polar surface area (TPSA) is 78.9 Å². The zero-order valence-electron chi connectivity index (χ0n) is 15.8. The minimum absolute atomic E-state index is 0.0192. The van der Waals surface area contributed by atoms with E-state index in [-0.39, 0.29) is 24.9 Å². The van der Waals surface area contributed by atoms with Gasteiger partial charge in [0.15, 0.2) is 6.29 Å². The largest absolute Gasteiger partial charge is 0.393 e. The van der Waals surface area contributed by atoms with Crippen molar-refractivity contribution in [3.05, 3.63) is 0 Å². The molecule has 0 N–H and O–H groups in total. The lowest BCUT2D eigenvalue weighted by Crippen LogP contribution is -2.43. The Balaban J connectivity index is 2.10. The second kappa shape index (κ2) is 7.96. The molecule has 158 valence electrons. The van der Waals surface area contributed by atoms with Crippen molar-refractivity contribution in [3.8, 4) is 0 Å². The van der Waals surface area contributed by atoms with Gasteiger partial charge in [0.1, 0.15) is 5.78 Å². The highest BCUT2D eigenvalue weighted by Gasteiger charge is 2.65. The molecule has 2 fully saturated rings. The van der Waals surface area contributed by atoms with Gasteiger partial charge in [-0.2, -0.15) is 21.6 Å². The molecule has 0 amide bonds. The predicted molar refractivity (Wildman–Crippen MR) is 90.3 cm³/mol. The van der Waals surface area contributed by atoms with E-state index in [1.807, 2.05) is 13.8 Å². The average molecular weight is 416 g/mol. The van der Waals surface area contributed by atoms with E-state index in [2.05, 4.69) is 0 Å². The Morgan fingerprint density at radius 3 is 2.41 bits per heavy atom. The van der Waals surface area contributed by atoms with Gasteiger partial charge in [0.05, 0.1) is 30.8 Å². The molecule has 6 nitrogen and oxygen atoms in total. The van der Waals surface area contributed by atoms with Gasteiger partial charge in [-0.15, -0.1) is 0 Å². The first-order chi connectivity index (χ1) is 12.3. The van der Waals surface area contributed by atoms with Gasteiger partial charge in [0.2, 0.25) is 0 Å². The maximum absolute atomic E-state index is 12.8. The summed E-state index contributed by atoms with van der Waals surface area (Å²) in [5.41, 5.74) is -1.64. The Bertz CT molecular complexity index is 646. The van der Waals surface area contributed by atoms with E-state index in [4.69, 9.17) is 13.7 Å². The molecule has 0 aliphatic heterocycles. The highest BCUT2D eigenvalue weighted by Crippen LogP contribution is 2.64. The van der Waals surface area contributed by atoms with Gasteiger partial charge in [-0.1, -0.05) is 13.8 Å². The smallest absolute Gasteiger partial charge is 0.379 e. The van der Waals surface area contributed by atoms with E-state index in [0.29, 0.717) is 19.4 Å². The monoisotopic (exact) mass is 416 g/mol. The van der Waals surface area contributed by atoms with Gasteiger partial charge >= 0.3 is 6.18 Å². The van der Waals surface area contributed by atoms with E-state index < -0.39 is 45.6 Å². The molecule has 2 aliphatic carbocycles. The Hall–Kier alpha value is -0.710. The summed E-state index contributed by atoms with van der Waals surface area (Å²) in [5.74, 6) is -0.680. The van der Waals surface area contributed by atoms with E-state index >= 15 is 0 Å². The van der Waals surface area contributed by atoms with Gasteiger partial charge in [-0.3, -0.25) is 4.79 Å². The minimum Gasteiger partial charge on any atom is -0.379 e. The number of alkyl halides is 3. The van der Waals surface area contributed by atoms with Crippen molar-refractivity contribution < 1.29 is 40.0 Å². The van der Waals surface area contributed by atoms with E-state index in [1.165, 1.54) is 0 Å². The molecular formula is C17H27F3O6S. The van der Waals surface area contributed by atoms with Crippen LogP contribution in [0.1, 0.15) is 46.5 Å². The van der Waals surface area contributed by atoms with Crippen molar-refractivity contribution >= 4 is 15.9 Å². The molecule has 10 heteroatoms. The molecule has 2 aliphatic rings. The summed E-state index contributed by atoms with van der Waals surface area (Å²) in [4.78, 5) is 12.5. The van der Waals surface area contributed by atoms with Crippen LogP contribution in [0.25, 0.3) is 0 Å². The summed E-state index contributed by atoms with van der Waals surface area (Å²) in [5, 5.41) is 0. The second-order valence-corrected chi connectivity index (χ2v) is 9.38. The van der Waals surface area contributed by atoms with Gasteiger partial charge in [0, 0.05) is 13.0 Å². The first-order valence-electron chi connectivity index (χ1n) is 9.03. The van der Waals surface area contributed by atoms with Crippen LogP contribution in [0.2, 0.25) is 0 Å². The molecule has 3 unspecified atom stereocenters. The molecule has 0 aromatic rings. The highest BCUT2D eigenvalue weighted by atomic mass is 32.2. The van der Waals surface area contributed by atoms with Gasteiger partial charge in [-0.05, 0) is 31.1 Å². The molecule has 2 rings (SSSR count). The summed E-state index contributed by atoms with van der Waals surface area (Å²) in [6.07, 6.45) is -6.79. The maximum atomic E-state index is 12.8. The van der Waals surface area contributed by atoms with Gasteiger partial charge in [-0.25, -0.2) is 4.18 Å². The van der Waals surface area contributed by atoms with E-state index in [0.717, 1.165) is 6.42 Å². The summed E-state index contributed by atoms with van der Waals surface area (Å²) < 4.78 is 78.0. The number of ether oxygens (including phenoxy) is 2. The third-order valence-electron chi connectivity index (χ3n) is 5.95. The highest BCUT2D eigenvalue weighted by molar-refractivity contribution is 7.86. The van der Waals surface area contributed by atoms with Crippen LogP contribution in [-0.4, -0.2) is 52.2 Å². The van der Waals surface area contributed by atoms with Crippen molar-refractivity contribution in [2.45, 2.75) is 58.9 Å². The van der Waals surface area contributed by atoms with Crippen molar-refractivity contribution in [1.29, 1.82) is 0 Å². The Kier molecular flexibility index (Phi) is 6.66. The SMILES string of the molecule is CCOCCOC(CC(F)(F)F)OS(=O)(=O)CC12CCC(CC1=O)C2(C)C. The van der Waals surface area contributed by atoms with Crippen LogP contribution < -0.4 is 0 Å². The zero-order valence-corrected chi connectivity index (χ0v) is 16.6. The molecule has 0 heterocycles. The predicted octanol–water partition coefficient (Wildman–Crippen LogP) is 3.06. The summed E-state index contributed by atoms with van der Waals surface area (Å²) in [6.45, 7) is 5.54. The second-order valence-electron chi connectivity index (χ2n) is 7.78. The Labute approximate surface area is 157 Å². The number of Topliss-reactive ketones (excluding diaryl/α,β-unsaturated/α-hetero) is 1. The third kappa shape index (κ3) is 5.02. The number of halogens is 3. The number of hydrogen-bond acceptors (Lipinski definition) is 6. The Morgan fingerprint density at radius 1 is 1.26 bits per heavy atom. The van der Waals surface area contributed by atoms with Crippen molar-refractivity contribution in [3.63, 3.8) is 0 Å². The van der Waals surface area contributed by atoms with Crippen molar-refractivity contribution in [2.75, 3.05) is 25.6 Å². The third-order valence-corrected chi connectivity index (χ3v) is 7.30. The van der Waals surface area contributed by atoms with Gasteiger partial charge in [0.25, 0.3) is 10.1 Å². The maximum Gasteiger partial charge on any atom is 0.393 e. The van der Waals surface area contributed by atoms with Crippen LogP contribution >= 0.6 is 0 Å². The fourth-order valence-corrected chi connectivity index (χ4v) is 6.10. The van der Waals surface area contributed by atoms with E-state index in [1.54, 1.807) is 6.92 Å². The fourth-order valence-electron chi connectivity index (χ4n) is 4.30. The first kappa shape index (κ1) is 22.6. The zero-order chi connectivity index (χ0) is 20.5. The molecular weight excluding hydrogens is 389 g/mol. The van der Waals surface area contributed by atoms with Crippen LogP contribution in [-0.2, 0) is 28.6 Å². The van der Waals surface area contributed by atoms with Crippen LogP contribution in [0, 0.1) is 16.7 Å². The Morgan fingerprint density at radius 2 is 1.93 bits per heavy atom. The normalized spacial score (nSPS) is 28.7. The van der Waals surface area contributed by atoms with E-state index in [9.17, 15) is 26.4 Å². The summed E-state index contributed by atoms with van der Waals surface area (Å²) in [7, 11) is -4.41. The minimum atomic E-state index is -4.66. The molecule has 0 saturated heterocycles. The summed E-state index contributed by atoms with van der Waals surface area (Å²) >= 11 is 0. The lowest BCUT2D eigenvalue weighted by atomic mass is 9.70. The standard InChI is InChI=1S/C17H27F3O6S/c1-4-24-7-8-25-14(10-17(18,19)20)26-27(22,23)11-16-6-5-12(9-13(16)21)15(16,2)3/h12,14H,4-11H2,1-3H3. The number of ketones is 1.